The molecule has 0 aliphatic heterocycles. The van der Waals surface area contributed by atoms with E-state index in [0.29, 0.717) is 0 Å². The van der Waals surface area contributed by atoms with Crippen molar-refractivity contribution in [1.29, 1.82) is 0 Å². The van der Waals surface area contributed by atoms with Gasteiger partial charge in [-0.1, -0.05) is 0 Å². The molecule has 1 aromatic carbocycles. The van der Waals surface area contributed by atoms with Gasteiger partial charge in [0.15, 0.2) is 0 Å². The smallest absolute Gasteiger partial charge is 0.116 e. The molecular weight excluding hydrogens is 244 g/mol. The molecule has 1 heterocycles. The summed E-state index contributed by atoms with van der Waals surface area (Å²) in [5.41, 5.74) is 0.970. The normalized spacial score (nSPS) is 10.4. The van der Waals surface area contributed by atoms with Crippen molar-refractivity contribution >= 4 is 15.9 Å². The number of aryl methyl sites for hydroxylation is 1. The van der Waals surface area contributed by atoms with Gasteiger partial charge in [0.05, 0.1) is 5.69 Å². The number of halogens is 1. The Balaban J connectivity index is 2.58. The first-order valence-electron chi connectivity index (χ1n) is 4.17. The molecule has 0 aliphatic carbocycles. The highest BCUT2D eigenvalue weighted by Crippen LogP contribution is 2.25. The second-order valence-corrected chi connectivity index (χ2v) is 3.83. The van der Waals surface area contributed by atoms with Crippen LogP contribution in [0.1, 0.15) is 5.82 Å². The van der Waals surface area contributed by atoms with E-state index in [1.807, 2.05) is 23.8 Å². The first-order valence-corrected chi connectivity index (χ1v) is 4.96. The van der Waals surface area contributed by atoms with Crippen molar-refractivity contribution in [3.8, 4) is 11.4 Å². The molecule has 0 fully saturated rings. The van der Waals surface area contributed by atoms with Gasteiger partial charge in [-0.2, -0.15) is 0 Å². The summed E-state index contributed by atoms with van der Waals surface area (Å²) in [7, 11) is 0. The van der Waals surface area contributed by atoms with E-state index in [0.717, 1.165) is 16.0 Å². The minimum Gasteiger partial charge on any atom is -0.508 e. The molecule has 2 aromatic rings. The van der Waals surface area contributed by atoms with E-state index in [-0.39, 0.29) is 5.75 Å². The Hall–Kier alpha value is -1.29. The standard InChI is InChI=1S/C10H9BrN2O/c1-7-12-4-5-13(7)10-3-2-8(14)6-9(10)11/h2-6,14H,1H3. The highest BCUT2D eigenvalue weighted by Gasteiger charge is 2.05. The molecule has 2 rings (SSSR count). The summed E-state index contributed by atoms with van der Waals surface area (Å²) in [5.74, 6) is 1.16. The molecule has 0 radical (unpaired) electrons. The lowest BCUT2D eigenvalue weighted by molar-refractivity contribution is 0.475. The van der Waals surface area contributed by atoms with Crippen LogP contribution < -0.4 is 0 Å². The number of aromatic hydroxyl groups is 1. The maximum absolute atomic E-state index is 9.25. The highest BCUT2D eigenvalue weighted by molar-refractivity contribution is 9.10. The van der Waals surface area contributed by atoms with Crippen molar-refractivity contribution in [1.82, 2.24) is 9.55 Å². The van der Waals surface area contributed by atoms with Crippen LogP contribution in [0, 0.1) is 6.92 Å². The Labute approximate surface area is 90.2 Å². The SMILES string of the molecule is Cc1nccn1-c1ccc(O)cc1Br. The van der Waals surface area contributed by atoms with Gasteiger partial charge in [0, 0.05) is 16.9 Å². The Kier molecular flexibility index (Phi) is 2.29. The summed E-state index contributed by atoms with van der Waals surface area (Å²) in [5, 5.41) is 9.25. The number of nitrogens with zero attached hydrogens (tertiary/aromatic N) is 2. The van der Waals surface area contributed by atoms with Crippen LogP contribution in [0.4, 0.5) is 0 Å². The van der Waals surface area contributed by atoms with E-state index >= 15 is 0 Å². The first kappa shape index (κ1) is 9.27. The lowest BCUT2D eigenvalue weighted by atomic mass is 10.3. The van der Waals surface area contributed by atoms with Crippen molar-refractivity contribution in [3.63, 3.8) is 0 Å². The fourth-order valence-corrected chi connectivity index (χ4v) is 1.88. The number of hydrogen-bond acceptors (Lipinski definition) is 2. The molecule has 3 nitrogen and oxygen atoms in total. The average Bonchev–Trinajstić information content (AvgIpc) is 2.52. The number of phenolic OH excluding ortho intramolecular Hbond substituents is 1. The average molecular weight is 253 g/mol. The molecule has 4 heteroatoms. The van der Waals surface area contributed by atoms with Crippen LogP contribution in [-0.4, -0.2) is 14.7 Å². The van der Waals surface area contributed by atoms with E-state index in [1.165, 1.54) is 0 Å². The lowest BCUT2D eigenvalue weighted by Gasteiger charge is -2.07. The quantitative estimate of drug-likeness (QED) is 0.848. The van der Waals surface area contributed by atoms with Gasteiger partial charge in [-0.15, -0.1) is 0 Å². The molecule has 14 heavy (non-hydrogen) atoms. The van der Waals surface area contributed by atoms with Gasteiger partial charge in [0.2, 0.25) is 0 Å². The molecule has 72 valence electrons. The molecule has 1 N–H and O–H groups in total. The second kappa shape index (κ2) is 3.46. The molecule has 0 spiro atoms. The fraction of sp³-hybridized carbons (Fsp3) is 0.100. The van der Waals surface area contributed by atoms with Gasteiger partial charge in [-0.3, -0.25) is 0 Å². The van der Waals surface area contributed by atoms with Crippen molar-refractivity contribution in [2.75, 3.05) is 0 Å². The Bertz CT molecular complexity index is 465. The van der Waals surface area contributed by atoms with E-state index in [2.05, 4.69) is 20.9 Å². The molecule has 0 aliphatic rings. The summed E-state index contributed by atoms with van der Waals surface area (Å²) in [6, 6.07) is 5.16. The van der Waals surface area contributed by atoms with Gasteiger partial charge >= 0.3 is 0 Å². The number of aromatic nitrogens is 2. The van der Waals surface area contributed by atoms with Crippen LogP contribution in [0.5, 0.6) is 5.75 Å². The van der Waals surface area contributed by atoms with E-state index < -0.39 is 0 Å². The third-order valence-electron chi connectivity index (χ3n) is 2.02. The zero-order valence-corrected chi connectivity index (χ0v) is 9.19. The topological polar surface area (TPSA) is 38.0 Å². The second-order valence-electron chi connectivity index (χ2n) is 2.98. The molecular formula is C10H9BrN2O. The predicted octanol–water partition coefficient (Wildman–Crippen LogP) is 2.65. The predicted molar refractivity (Wildman–Crippen MR) is 57.7 cm³/mol. The molecule has 1 aromatic heterocycles. The van der Waals surface area contributed by atoms with Crippen molar-refractivity contribution < 1.29 is 5.11 Å². The monoisotopic (exact) mass is 252 g/mol. The number of benzene rings is 1. The van der Waals surface area contributed by atoms with Gasteiger partial charge in [0.25, 0.3) is 0 Å². The number of rotatable bonds is 1. The number of phenols is 1. The summed E-state index contributed by atoms with van der Waals surface area (Å²) in [6.45, 7) is 1.93. The molecule has 0 amide bonds. The van der Waals surface area contributed by atoms with Gasteiger partial charge in [-0.25, -0.2) is 4.98 Å². The number of imidazole rings is 1. The van der Waals surface area contributed by atoms with Crippen LogP contribution in [-0.2, 0) is 0 Å². The largest absolute Gasteiger partial charge is 0.508 e. The molecule has 0 atom stereocenters. The van der Waals surface area contributed by atoms with E-state index in [9.17, 15) is 5.11 Å². The highest BCUT2D eigenvalue weighted by atomic mass is 79.9. The summed E-state index contributed by atoms with van der Waals surface area (Å²) in [6.07, 6.45) is 3.63. The van der Waals surface area contributed by atoms with Crippen molar-refractivity contribution in [3.05, 3.63) is 40.9 Å². The van der Waals surface area contributed by atoms with Crippen molar-refractivity contribution in [2.45, 2.75) is 6.92 Å². The first-order chi connectivity index (χ1) is 6.68. The van der Waals surface area contributed by atoms with Crippen LogP contribution in [0.2, 0.25) is 0 Å². The molecule has 0 saturated heterocycles. The van der Waals surface area contributed by atoms with E-state index in [4.69, 9.17) is 0 Å². The van der Waals surface area contributed by atoms with Crippen LogP contribution in [0.25, 0.3) is 5.69 Å². The number of hydrogen-bond donors (Lipinski definition) is 1. The maximum atomic E-state index is 9.25. The Morgan fingerprint density at radius 3 is 2.79 bits per heavy atom. The summed E-state index contributed by atoms with van der Waals surface area (Å²) < 4.78 is 2.79. The Morgan fingerprint density at radius 1 is 1.43 bits per heavy atom. The summed E-state index contributed by atoms with van der Waals surface area (Å²) in [4.78, 5) is 4.14. The molecule has 0 unspecified atom stereocenters. The van der Waals surface area contributed by atoms with Crippen LogP contribution >= 0.6 is 15.9 Å². The zero-order chi connectivity index (χ0) is 10.1. The fourth-order valence-electron chi connectivity index (χ4n) is 1.32. The zero-order valence-electron chi connectivity index (χ0n) is 7.61. The van der Waals surface area contributed by atoms with Crippen molar-refractivity contribution in [2.24, 2.45) is 0 Å². The third-order valence-corrected chi connectivity index (χ3v) is 2.65. The summed E-state index contributed by atoms with van der Waals surface area (Å²) >= 11 is 3.39. The van der Waals surface area contributed by atoms with E-state index in [1.54, 1.807) is 18.3 Å². The minimum atomic E-state index is 0.249. The van der Waals surface area contributed by atoms with Gasteiger partial charge < -0.3 is 9.67 Å². The lowest BCUT2D eigenvalue weighted by Crippen LogP contribution is -1.96. The molecule has 0 bridgehead atoms. The maximum Gasteiger partial charge on any atom is 0.116 e. The Morgan fingerprint density at radius 2 is 2.21 bits per heavy atom. The third kappa shape index (κ3) is 1.53. The minimum absolute atomic E-state index is 0.249. The van der Waals surface area contributed by atoms with Crippen LogP contribution in [0.3, 0.4) is 0 Å². The molecule has 0 saturated carbocycles. The van der Waals surface area contributed by atoms with Gasteiger partial charge in [0.1, 0.15) is 11.6 Å². The van der Waals surface area contributed by atoms with Gasteiger partial charge in [-0.05, 0) is 41.1 Å². The van der Waals surface area contributed by atoms with Crippen LogP contribution in [0.15, 0.2) is 35.1 Å².